The topological polar surface area (TPSA) is 41.4 Å². The predicted octanol–water partition coefficient (Wildman–Crippen LogP) is 2.53. The molecule has 5 heteroatoms. The van der Waals surface area contributed by atoms with Crippen molar-refractivity contribution in [1.29, 1.82) is 0 Å². The molecule has 0 N–H and O–H groups in total. The average Bonchev–Trinajstić information content (AvgIpc) is 2.90. The highest BCUT2D eigenvalue weighted by Gasteiger charge is 2.28. The summed E-state index contributed by atoms with van der Waals surface area (Å²) in [4.78, 5) is 17.4. The third-order valence-corrected chi connectivity index (χ3v) is 4.75. The van der Waals surface area contributed by atoms with Gasteiger partial charge < -0.3 is 4.90 Å². The second-order valence-corrected chi connectivity index (χ2v) is 7.53. The van der Waals surface area contributed by atoms with Crippen molar-refractivity contribution < 1.29 is 4.79 Å². The van der Waals surface area contributed by atoms with Gasteiger partial charge in [-0.15, -0.1) is 0 Å². The van der Waals surface area contributed by atoms with Crippen molar-refractivity contribution in [3.63, 3.8) is 0 Å². The zero-order chi connectivity index (χ0) is 17.0. The van der Waals surface area contributed by atoms with Crippen molar-refractivity contribution in [3.8, 4) is 0 Å². The van der Waals surface area contributed by atoms with Crippen LogP contribution < -0.4 is 0 Å². The quantitative estimate of drug-likeness (QED) is 0.809. The first kappa shape index (κ1) is 18.0. The fourth-order valence-corrected chi connectivity index (χ4v) is 3.28. The minimum atomic E-state index is -0.0297. The summed E-state index contributed by atoms with van der Waals surface area (Å²) < 4.78 is 1.79. The van der Waals surface area contributed by atoms with E-state index in [-0.39, 0.29) is 11.9 Å². The summed E-state index contributed by atoms with van der Waals surface area (Å²) in [5.41, 5.74) is 1.10. The van der Waals surface area contributed by atoms with E-state index in [4.69, 9.17) is 0 Å². The molecule has 1 aromatic rings. The van der Waals surface area contributed by atoms with E-state index in [1.54, 1.807) is 4.68 Å². The number of likely N-dealkylation sites (tertiary alicyclic amines) is 1. The second-order valence-electron chi connectivity index (χ2n) is 7.53. The van der Waals surface area contributed by atoms with E-state index >= 15 is 0 Å². The molecular weight excluding hydrogens is 288 g/mol. The molecule has 5 nitrogen and oxygen atoms in total. The van der Waals surface area contributed by atoms with Gasteiger partial charge in [0.05, 0.1) is 12.2 Å². The average molecular weight is 320 g/mol. The summed E-state index contributed by atoms with van der Waals surface area (Å²) >= 11 is 0. The van der Waals surface area contributed by atoms with Gasteiger partial charge in [-0.1, -0.05) is 20.8 Å². The highest BCUT2D eigenvalue weighted by molar-refractivity contribution is 5.81. The van der Waals surface area contributed by atoms with Gasteiger partial charge in [0.1, 0.15) is 0 Å². The summed E-state index contributed by atoms with van der Waals surface area (Å²) in [7, 11) is 1.91. The first-order chi connectivity index (χ1) is 10.9. The van der Waals surface area contributed by atoms with Crippen LogP contribution in [-0.4, -0.2) is 51.2 Å². The van der Waals surface area contributed by atoms with Crippen LogP contribution in [-0.2, 0) is 18.4 Å². The van der Waals surface area contributed by atoms with Gasteiger partial charge in [0, 0.05) is 31.9 Å². The molecule has 0 saturated carbocycles. The molecule has 1 aromatic heterocycles. The van der Waals surface area contributed by atoms with E-state index in [9.17, 15) is 4.79 Å². The maximum atomic E-state index is 13.0. The highest BCUT2D eigenvalue weighted by atomic mass is 16.2. The van der Waals surface area contributed by atoms with E-state index in [0.717, 1.165) is 31.1 Å². The fourth-order valence-electron chi connectivity index (χ4n) is 3.28. The number of aryl methyl sites for hydroxylation is 1. The second kappa shape index (κ2) is 7.95. The number of carbonyl (C=O) groups excluding carboxylic acids is 1. The molecular formula is C18H32N4O. The molecule has 0 aliphatic carbocycles. The van der Waals surface area contributed by atoms with Gasteiger partial charge in [-0.05, 0) is 44.7 Å². The molecule has 1 amide bonds. The minimum absolute atomic E-state index is 0.0297. The molecule has 0 radical (unpaired) electrons. The number of amides is 1. The Morgan fingerprint density at radius 1 is 1.35 bits per heavy atom. The van der Waals surface area contributed by atoms with Gasteiger partial charge >= 0.3 is 0 Å². The maximum absolute atomic E-state index is 13.0. The van der Waals surface area contributed by atoms with Crippen molar-refractivity contribution in [2.45, 2.75) is 53.1 Å². The van der Waals surface area contributed by atoms with Gasteiger partial charge in [0.2, 0.25) is 5.91 Å². The van der Waals surface area contributed by atoms with Crippen molar-refractivity contribution in [3.05, 3.63) is 18.0 Å². The van der Waals surface area contributed by atoms with Crippen molar-refractivity contribution in [2.24, 2.45) is 18.9 Å². The molecule has 0 unspecified atom stereocenters. The van der Waals surface area contributed by atoms with Crippen LogP contribution in [0.2, 0.25) is 0 Å². The lowest BCUT2D eigenvalue weighted by molar-refractivity contribution is -0.138. The van der Waals surface area contributed by atoms with E-state index < -0.39 is 0 Å². The lowest BCUT2D eigenvalue weighted by atomic mass is 9.98. The van der Waals surface area contributed by atoms with Gasteiger partial charge in [-0.25, -0.2) is 0 Å². The molecule has 1 fully saturated rings. The highest BCUT2D eigenvalue weighted by Crippen LogP contribution is 2.19. The first-order valence-electron chi connectivity index (χ1n) is 8.87. The zero-order valence-electron chi connectivity index (χ0n) is 15.3. The van der Waals surface area contributed by atoms with E-state index in [0.29, 0.717) is 12.5 Å². The van der Waals surface area contributed by atoms with Crippen molar-refractivity contribution >= 4 is 5.91 Å². The molecule has 1 atom stereocenters. The first-order valence-corrected chi connectivity index (χ1v) is 8.87. The van der Waals surface area contributed by atoms with E-state index in [2.05, 4.69) is 37.7 Å². The molecule has 1 aliphatic heterocycles. The monoisotopic (exact) mass is 320 g/mol. The summed E-state index contributed by atoms with van der Waals surface area (Å²) in [6.45, 7) is 12.2. The Hall–Kier alpha value is -1.36. The SMILES string of the molecule is CC(C)CN(Cc1cnn(C)c1)C(=O)[C@H](C)N1CCC(C)CC1. The van der Waals surface area contributed by atoms with Crippen LogP contribution in [0, 0.1) is 11.8 Å². The van der Waals surface area contributed by atoms with Gasteiger partial charge in [-0.2, -0.15) is 5.10 Å². The van der Waals surface area contributed by atoms with Crippen LogP contribution in [0.15, 0.2) is 12.4 Å². The number of piperidine rings is 1. The summed E-state index contributed by atoms with van der Waals surface area (Å²) in [5, 5.41) is 4.22. The van der Waals surface area contributed by atoms with E-state index in [1.165, 1.54) is 12.8 Å². The van der Waals surface area contributed by atoms with Crippen LogP contribution in [0.1, 0.15) is 46.1 Å². The number of aromatic nitrogens is 2. The number of carbonyl (C=O) groups is 1. The molecule has 0 aromatic carbocycles. The Kier molecular flexibility index (Phi) is 6.22. The third-order valence-electron chi connectivity index (χ3n) is 4.75. The summed E-state index contributed by atoms with van der Waals surface area (Å²) in [6, 6.07) is -0.0297. The smallest absolute Gasteiger partial charge is 0.239 e. The van der Waals surface area contributed by atoms with Gasteiger partial charge in [0.15, 0.2) is 0 Å². The molecule has 0 bridgehead atoms. The number of rotatable bonds is 6. The van der Waals surface area contributed by atoms with Crippen LogP contribution in [0.5, 0.6) is 0 Å². The van der Waals surface area contributed by atoms with Crippen molar-refractivity contribution in [1.82, 2.24) is 19.6 Å². The lowest BCUT2D eigenvalue weighted by Crippen LogP contribution is -2.50. The van der Waals surface area contributed by atoms with E-state index in [1.807, 2.05) is 24.3 Å². The summed E-state index contributed by atoms with van der Waals surface area (Å²) in [6.07, 6.45) is 6.25. The van der Waals surface area contributed by atoms with Crippen LogP contribution >= 0.6 is 0 Å². The molecule has 1 aliphatic rings. The normalized spacial score (nSPS) is 18.3. The molecule has 23 heavy (non-hydrogen) atoms. The summed E-state index contributed by atoms with van der Waals surface area (Å²) in [5.74, 6) is 1.50. The minimum Gasteiger partial charge on any atom is -0.337 e. The fraction of sp³-hybridized carbons (Fsp3) is 0.778. The standard InChI is InChI=1S/C18H32N4O/c1-14(2)11-22(13-17-10-19-20(5)12-17)18(23)16(4)21-8-6-15(3)7-9-21/h10,12,14-16H,6-9,11,13H2,1-5H3/t16-/m0/s1. The molecule has 2 rings (SSSR count). The van der Waals surface area contributed by atoms with Crippen LogP contribution in [0.3, 0.4) is 0 Å². The number of nitrogens with zero attached hydrogens (tertiary/aromatic N) is 4. The Morgan fingerprint density at radius 3 is 2.52 bits per heavy atom. The van der Waals surface area contributed by atoms with Crippen LogP contribution in [0.25, 0.3) is 0 Å². The Balaban J connectivity index is 2.03. The lowest BCUT2D eigenvalue weighted by Gasteiger charge is -2.37. The molecule has 1 saturated heterocycles. The Morgan fingerprint density at radius 2 is 2.00 bits per heavy atom. The maximum Gasteiger partial charge on any atom is 0.239 e. The molecule has 130 valence electrons. The third kappa shape index (κ3) is 5.06. The number of hydrogen-bond donors (Lipinski definition) is 0. The van der Waals surface area contributed by atoms with Gasteiger partial charge in [-0.3, -0.25) is 14.4 Å². The van der Waals surface area contributed by atoms with Crippen molar-refractivity contribution in [2.75, 3.05) is 19.6 Å². The largest absolute Gasteiger partial charge is 0.337 e. The Bertz CT molecular complexity index is 503. The molecule has 2 heterocycles. The predicted molar refractivity (Wildman–Crippen MR) is 92.9 cm³/mol. The zero-order valence-corrected chi connectivity index (χ0v) is 15.3. The Labute approximate surface area is 140 Å². The molecule has 0 spiro atoms. The number of hydrogen-bond acceptors (Lipinski definition) is 3. The van der Waals surface area contributed by atoms with Gasteiger partial charge in [0.25, 0.3) is 0 Å². The van der Waals surface area contributed by atoms with Crippen LogP contribution in [0.4, 0.5) is 0 Å².